The Labute approximate surface area is 295 Å². The summed E-state index contributed by atoms with van der Waals surface area (Å²) in [5, 5.41) is 25.6. The number of halogens is 4. The lowest BCUT2D eigenvalue weighted by atomic mass is 9.84. The minimum atomic E-state index is -4.22. The lowest BCUT2D eigenvalue weighted by Crippen LogP contribution is -2.47. The number of sulfonamides is 1. The van der Waals surface area contributed by atoms with Crippen molar-refractivity contribution in [3.63, 3.8) is 0 Å². The number of amides is 2. The summed E-state index contributed by atoms with van der Waals surface area (Å²) in [7, 11) is -4.22. The smallest absolute Gasteiger partial charge is 0.407 e. The SMILES string of the molecule is C[C@H](O)CN(C[C@H](CCc1c(F)cncc1NC(=O)[C@@H](N=[N+]=[N-])[C@@H](c1ccc(F)cc1)c1cc(F)cc(F)c1)NS(=O)(=O)c1ccccc1)C(=O)O. The second-order valence-electron chi connectivity index (χ2n) is 11.7. The lowest BCUT2D eigenvalue weighted by Gasteiger charge is -2.27. The number of aromatic nitrogens is 1. The van der Waals surface area contributed by atoms with E-state index in [-0.39, 0.29) is 46.7 Å². The minimum absolute atomic E-state index is 0.126. The maximum absolute atomic E-state index is 15.4. The Bertz CT molecular complexity index is 2020. The second kappa shape index (κ2) is 17.6. The fourth-order valence-corrected chi connectivity index (χ4v) is 6.83. The predicted molar refractivity (Wildman–Crippen MR) is 181 cm³/mol. The molecule has 0 spiro atoms. The molecule has 0 saturated carbocycles. The summed E-state index contributed by atoms with van der Waals surface area (Å²) in [6.07, 6.45) is -1.21. The Hall–Kier alpha value is -5.55. The number of carboxylic acid groups (broad SMARTS) is 1. The molecule has 4 atom stereocenters. The Kier molecular flexibility index (Phi) is 13.3. The number of carbonyl (C=O) groups excluding carboxylic acids is 1. The molecule has 2 amide bonds. The summed E-state index contributed by atoms with van der Waals surface area (Å²) in [5.41, 5.74) is 8.98. The Morgan fingerprint density at radius 1 is 0.942 bits per heavy atom. The number of hydrogen-bond donors (Lipinski definition) is 4. The van der Waals surface area contributed by atoms with Gasteiger partial charge in [-0.25, -0.2) is 35.5 Å². The molecule has 0 aliphatic heterocycles. The zero-order chi connectivity index (χ0) is 38.0. The molecule has 0 fully saturated rings. The van der Waals surface area contributed by atoms with Gasteiger partial charge in [0, 0.05) is 41.6 Å². The molecule has 4 aromatic rings. The van der Waals surface area contributed by atoms with Crippen LogP contribution in [-0.4, -0.2) is 71.8 Å². The van der Waals surface area contributed by atoms with Crippen molar-refractivity contribution in [2.45, 2.75) is 48.8 Å². The number of carbonyl (C=O) groups is 2. The van der Waals surface area contributed by atoms with Gasteiger partial charge in [0.1, 0.15) is 29.3 Å². The first-order valence-electron chi connectivity index (χ1n) is 15.6. The van der Waals surface area contributed by atoms with Gasteiger partial charge >= 0.3 is 6.09 Å². The number of aliphatic hydroxyl groups is 1. The quantitative estimate of drug-likeness (QED) is 0.0486. The Morgan fingerprint density at radius 2 is 1.60 bits per heavy atom. The summed E-state index contributed by atoms with van der Waals surface area (Å²) in [6.45, 7) is 0.522. The number of nitrogens with zero attached hydrogens (tertiary/aromatic N) is 5. The van der Waals surface area contributed by atoms with Gasteiger partial charge < -0.3 is 20.4 Å². The molecule has 4 N–H and O–H groups in total. The van der Waals surface area contributed by atoms with Crippen LogP contribution >= 0.6 is 0 Å². The van der Waals surface area contributed by atoms with Crippen LogP contribution in [-0.2, 0) is 21.2 Å². The fraction of sp³-hybridized carbons (Fsp3) is 0.265. The van der Waals surface area contributed by atoms with Crippen LogP contribution < -0.4 is 10.0 Å². The third kappa shape index (κ3) is 10.5. The summed E-state index contributed by atoms with van der Waals surface area (Å²) in [4.78, 5) is 33.0. The van der Waals surface area contributed by atoms with Crippen molar-refractivity contribution in [2.24, 2.45) is 5.11 Å². The van der Waals surface area contributed by atoms with Crippen molar-refractivity contribution in [2.75, 3.05) is 18.4 Å². The molecule has 4 rings (SSSR count). The predicted octanol–water partition coefficient (Wildman–Crippen LogP) is 5.73. The average Bonchev–Trinajstić information content (AvgIpc) is 3.07. The summed E-state index contributed by atoms with van der Waals surface area (Å²) in [5.74, 6) is -6.04. The van der Waals surface area contributed by atoms with E-state index in [4.69, 9.17) is 0 Å². The second-order valence-corrected chi connectivity index (χ2v) is 13.4. The van der Waals surface area contributed by atoms with Crippen LogP contribution in [0, 0.1) is 23.3 Å². The minimum Gasteiger partial charge on any atom is -0.465 e. The topological polar surface area (TPSA) is 198 Å². The van der Waals surface area contributed by atoms with Gasteiger partial charge in [-0.05, 0) is 72.8 Å². The van der Waals surface area contributed by atoms with Gasteiger partial charge in [0.2, 0.25) is 15.9 Å². The summed E-state index contributed by atoms with van der Waals surface area (Å²) < 4.78 is 86.8. The van der Waals surface area contributed by atoms with Gasteiger partial charge in [-0.3, -0.25) is 9.78 Å². The van der Waals surface area contributed by atoms with Gasteiger partial charge in [0.05, 0.1) is 29.1 Å². The highest BCUT2D eigenvalue weighted by Crippen LogP contribution is 2.33. The molecule has 0 aliphatic carbocycles. The van der Waals surface area contributed by atoms with Crippen LogP contribution in [0.1, 0.15) is 36.0 Å². The summed E-state index contributed by atoms with van der Waals surface area (Å²) in [6, 6.07) is 11.2. The number of anilines is 1. The molecule has 1 heterocycles. The zero-order valence-corrected chi connectivity index (χ0v) is 28.2. The van der Waals surface area contributed by atoms with E-state index in [0.29, 0.717) is 6.07 Å². The number of azide groups is 1. The third-order valence-electron chi connectivity index (χ3n) is 7.81. The third-order valence-corrected chi connectivity index (χ3v) is 9.35. The first kappa shape index (κ1) is 39.2. The molecule has 0 aliphatic rings. The maximum atomic E-state index is 15.4. The fourth-order valence-electron chi connectivity index (χ4n) is 5.55. The first-order valence-corrected chi connectivity index (χ1v) is 17.1. The van der Waals surface area contributed by atoms with Gasteiger partial charge in [-0.15, -0.1) is 0 Å². The molecular formula is C34H33F4N7O6S. The van der Waals surface area contributed by atoms with E-state index in [1.54, 1.807) is 6.07 Å². The van der Waals surface area contributed by atoms with Gasteiger partial charge in [-0.2, -0.15) is 0 Å². The van der Waals surface area contributed by atoms with Crippen molar-refractivity contribution < 1.29 is 45.8 Å². The molecule has 3 aromatic carbocycles. The van der Waals surface area contributed by atoms with E-state index >= 15 is 4.39 Å². The molecular weight excluding hydrogens is 710 g/mol. The van der Waals surface area contributed by atoms with Crippen LogP contribution in [0.4, 0.5) is 28.0 Å². The van der Waals surface area contributed by atoms with E-state index in [9.17, 15) is 46.9 Å². The van der Waals surface area contributed by atoms with Crippen molar-refractivity contribution in [1.82, 2.24) is 14.6 Å². The standard InChI is InChI=1S/C34H33F4N7O6S/c1-20(46)18-45(34(48)49)19-26(43-52(50,51)27-5-3-2-4-6-27)11-12-28-29(38)16-40-17-30(28)41-33(47)32(42-44-39)31(21-7-9-23(35)10-8-21)22-13-24(36)15-25(37)14-22/h2-10,13-17,20,26,31-32,43,46H,11-12,18-19H2,1H3,(H,41,47)(H,48,49)/t20-,26-,31-,32-/m0/s1. The monoisotopic (exact) mass is 743 g/mol. The van der Waals surface area contributed by atoms with E-state index in [2.05, 4.69) is 25.0 Å². The molecule has 0 unspecified atom stereocenters. The van der Waals surface area contributed by atoms with Crippen LogP contribution in [0.3, 0.4) is 0 Å². The molecule has 0 radical (unpaired) electrons. The van der Waals surface area contributed by atoms with E-state index in [1.165, 1.54) is 43.3 Å². The lowest BCUT2D eigenvalue weighted by molar-refractivity contribution is -0.117. The van der Waals surface area contributed by atoms with Crippen molar-refractivity contribution in [3.8, 4) is 0 Å². The van der Waals surface area contributed by atoms with Crippen LogP contribution in [0.5, 0.6) is 0 Å². The van der Waals surface area contributed by atoms with Crippen LogP contribution in [0.2, 0.25) is 0 Å². The number of rotatable bonds is 16. The number of benzene rings is 3. The van der Waals surface area contributed by atoms with Gasteiger partial charge in [0.15, 0.2) is 0 Å². The van der Waals surface area contributed by atoms with Crippen molar-refractivity contribution in [1.29, 1.82) is 0 Å². The molecule has 274 valence electrons. The first-order chi connectivity index (χ1) is 24.7. The number of aliphatic hydroxyl groups excluding tert-OH is 1. The largest absolute Gasteiger partial charge is 0.465 e. The highest BCUT2D eigenvalue weighted by atomic mass is 32.2. The van der Waals surface area contributed by atoms with E-state index < -0.39 is 75.9 Å². The van der Waals surface area contributed by atoms with Gasteiger partial charge in [0.25, 0.3) is 0 Å². The highest BCUT2D eigenvalue weighted by molar-refractivity contribution is 7.89. The number of hydrogen-bond acceptors (Lipinski definition) is 7. The molecule has 52 heavy (non-hydrogen) atoms. The van der Waals surface area contributed by atoms with Gasteiger partial charge in [-0.1, -0.05) is 35.4 Å². The highest BCUT2D eigenvalue weighted by Gasteiger charge is 2.32. The molecule has 0 bridgehead atoms. The number of nitrogens with one attached hydrogen (secondary N) is 2. The van der Waals surface area contributed by atoms with Crippen LogP contribution in [0.15, 0.2) is 95.2 Å². The average molecular weight is 744 g/mol. The molecule has 18 heteroatoms. The zero-order valence-electron chi connectivity index (χ0n) is 27.4. The molecule has 0 saturated heterocycles. The Balaban J connectivity index is 1.68. The van der Waals surface area contributed by atoms with Crippen molar-refractivity contribution in [3.05, 3.63) is 136 Å². The Morgan fingerprint density at radius 3 is 2.19 bits per heavy atom. The van der Waals surface area contributed by atoms with Crippen LogP contribution in [0.25, 0.3) is 10.4 Å². The normalized spacial score (nSPS) is 13.7. The molecule has 13 nitrogen and oxygen atoms in total. The number of pyridine rings is 1. The maximum Gasteiger partial charge on any atom is 0.407 e. The van der Waals surface area contributed by atoms with E-state index in [0.717, 1.165) is 41.6 Å². The van der Waals surface area contributed by atoms with E-state index in [1.807, 2.05) is 0 Å². The van der Waals surface area contributed by atoms with Crippen molar-refractivity contribution >= 4 is 27.7 Å². The summed E-state index contributed by atoms with van der Waals surface area (Å²) >= 11 is 0. The molecule has 1 aromatic heterocycles.